The minimum absolute atomic E-state index is 0.00276. The maximum Gasteiger partial charge on any atom is 0.263 e. The van der Waals surface area contributed by atoms with Crippen LogP contribution in [0.4, 0.5) is 5.82 Å². The molecule has 0 amide bonds. The molecule has 0 radical (unpaired) electrons. The molecule has 0 saturated carbocycles. The van der Waals surface area contributed by atoms with Gasteiger partial charge < -0.3 is 4.42 Å². The number of anilines is 1. The molecule has 9 heteroatoms. The van der Waals surface area contributed by atoms with Gasteiger partial charge in [-0.25, -0.2) is 13.4 Å². The maximum absolute atomic E-state index is 12.7. The molecule has 0 saturated heterocycles. The summed E-state index contributed by atoms with van der Waals surface area (Å²) in [6.45, 7) is 0. The van der Waals surface area contributed by atoms with Gasteiger partial charge in [-0.1, -0.05) is 35.9 Å². The number of rotatable bonds is 5. The summed E-state index contributed by atoms with van der Waals surface area (Å²) >= 11 is 6.24. The van der Waals surface area contributed by atoms with E-state index >= 15 is 0 Å². The van der Waals surface area contributed by atoms with E-state index in [0.29, 0.717) is 16.5 Å². The van der Waals surface area contributed by atoms with Gasteiger partial charge in [-0.15, -0.1) is 10.2 Å². The number of halogens is 1. The number of aromatic nitrogens is 3. The lowest BCUT2D eigenvalue weighted by molar-refractivity contribution is 0.584. The third-order valence-corrected chi connectivity index (χ3v) is 5.51. The fraction of sp³-hybridized carbons (Fsp3) is 0. The molecule has 4 aromatic rings. The maximum atomic E-state index is 12.7. The molecule has 0 unspecified atom stereocenters. The fourth-order valence-electron chi connectivity index (χ4n) is 2.48. The van der Waals surface area contributed by atoms with Gasteiger partial charge in [-0.3, -0.25) is 4.72 Å². The normalized spacial score (nSPS) is 11.3. The molecule has 2 aromatic carbocycles. The molecule has 0 atom stereocenters. The van der Waals surface area contributed by atoms with Gasteiger partial charge in [0.2, 0.25) is 11.8 Å². The van der Waals surface area contributed by atoms with E-state index in [2.05, 4.69) is 19.9 Å². The Bertz CT molecular complexity index is 1210. The lowest BCUT2D eigenvalue weighted by atomic mass is 10.2. The highest BCUT2D eigenvalue weighted by molar-refractivity contribution is 7.92. The number of sulfonamides is 1. The molecule has 28 heavy (non-hydrogen) atoms. The van der Waals surface area contributed by atoms with Gasteiger partial charge in [0.1, 0.15) is 5.82 Å². The Hall–Kier alpha value is -3.23. The molecule has 140 valence electrons. The van der Waals surface area contributed by atoms with Crippen LogP contribution in [0.15, 0.2) is 82.2 Å². The molecule has 0 spiro atoms. The molecule has 2 aromatic heterocycles. The van der Waals surface area contributed by atoms with Crippen molar-refractivity contribution in [1.29, 1.82) is 0 Å². The van der Waals surface area contributed by atoms with Gasteiger partial charge >= 0.3 is 0 Å². The van der Waals surface area contributed by atoms with Crippen LogP contribution in [0.1, 0.15) is 0 Å². The number of pyridine rings is 1. The van der Waals surface area contributed by atoms with Crippen LogP contribution in [0, 0.1) is 0 Å². The van der Waals surface area contributed by atoms with Gasteiger partial charge in [0.05, 0.1) is 15.5 Å². The van der Waals surface area contributed by atoms with Crippen LogP contribution < -0.4 is 4.72 Å². The van der Waals surface area contributed by atoms with Crippen LogP contribution >= 0.6 is 11.6 Å². The second kappa shape index (κ2) is 7.41. The van der Waals surface area contributed by atoms with Crippen molar-refractivity contribution >= 4 is 27.4 Å². The lowest BCUT2D eigenvalue weighted by Crippen LogP contribution is -2.13. The molecule has 7 nitrogen and oxygen atoms in total. The zero-order chi connectivity index (χ0) is 19.6. The van der Waals surface area contributed by atoms with Gasteiger partial charge in [-0.2, -0.15) is 0 Å². The smallest absolute Gasteiger partial charge is 0.263 e. The molecule has 2 heterocycles. The van der Waals surface area contributed by atoms with Crippen molar-refractivity contribution in [3.05, 3.63) is 77.9 Å². The second-order valence-electron chi connectivity index (χ2n) is 5.74. The van der Waals surface area contributed by atoms with Crippen molar-refractivity contribution in [2.75, 3.05) is 4.72 Å². The Morgan fingerprint density at radius 3 is 2.39 bits per heavy atom. The average molecular weight is 413 g/mol. The number of nitrogens with one attached hydrogen (secondary N) is 1. The van der Waals surface area contributed by atoms with Crippen molar-refractivity contribution in [1.82, 2.24) is 15.2 Å². The van der Waals surface area contributed by atoms with E-state index in [1.54, 1.807) is 18.2 Å². The van der Waals surface area contributed by atoms with E-state index in [-0.39, 0.29) is 16.6 Å². The Balaban J connectivity index is 1.69. The van der Waals surface area contributed by atoms with Crippen molar-refractivity contribution in [2.45, 2.75) is 4.90 Å². The van der Waals surface area contributed by atoms with Crippen molar-refractivity contribution in [2.24, 2.45) is 0 Å². The van der Waals surface area contributed by atoms with Gasteiger partial charge in [0, 0.05) is 11.8 Å². The molecule has 0 bridgehead atoms. The number of nitrogens with zero attached hydrogens (tertiary/aromatic N) is 3. The third-order valence-electron chi connectivity index (χ3n) is 3.83. The quantitative estimate of drug-likeness (QED) is 0.526. The highest BCUT2D eigenvalue weighted by Gasteiger charge is 2.20. The molecule has 0 aliphatic carbocycles. The standard InChI is InChI=1S/C19H13ClN4O3S/c20-16-10-9-14(28(25,26)24-17-8-4-5-11-21-17)12-15(16)19-23-22-18(27-19)13-6-2-1-3-7-13/h1-12H,(H,21,24). The predicted octanol–water partition coefficient (Wildman–Crippen LogP) is 4.25. The average Bonchev–Trinajstić information content (AvgIpc) is 3.19. The van der Waals surface area contributed by atoms with E-state index in [9.17, 15) is 8.42 Å². The monoisotopic (exact) mass is 412 g/mol. The Morgan fingerprint density at radius 2 is 1.64 bits per heavy atom. The van der Waals surface area contributed by atoms with Crippen LogP contribution in [0.2, 0.25) is 5.02 Å². The van der Waals surface area contributed by atoms with Crippen LogP contribution in [0.25, 0.3) is 22.9 Å². The molecule has 4 rings (SSSR count). The molecule has 1 N–H and O–H groups in total. The largest absolute Gasteiger partial charge is 0.416 e. The Labute approximate surface area is 166 Å². The summed E-state index contributed by atoms with van der Waals surface area (Å²) in [5.74, 6) is 0.647. The molecule has 0 aliphatic heterocycles. The number of hydrogen-bond donors (Lipinski definition) is 1. The summed E-state index contributed by atoms with van der Waals surface area (Å²) in [6.07, 6.45) is 1.49. The lowest BCUT2D eigenvalue weighted by Gasteiger charge is -2.08. The van der Waals surface area contributed by atoms with Gasteiger partial charge in [-0.05, 0) is 42.5 Å². The minimum Gasteiger partial charge on any atom is -0.416 e. The van der Waals surface area contributed by atoms with Crippen molar-refractivity contribution in [3.63, 3.8) is 0 Å². The Kier molecular flexibility index (Phi) is 4.81. The zero-order valence-electron chi connectivity index (χ0n) is 14.3. The van der Waals surface area contributed by atoms with Crippen molar-refractivity contribution in [3.8, 4) is 22.9 Å². The second-order valence-corrected chi connectivity index (χ2v) is 7.83. The number of hydrogen-bond acceptors (Lipinski definition) is 6. The van der Waals surface area contributed by atoms with E-state index in [4.69, 9.17) is 16.0 Å². The van der Waals surface area contributed by atoms with Crippen LogP contribution in [-0.4, -0.2) is 23.6 Å². The first-order valence-corrected chi connectivity index (χ1v) is 10.0. The van der Waals surface area contributed by atoms with Crippen LogP contribution in [0.3, 0.4) is 0 Å². The van der Waals surface area contributed by atoms with E-state index in [1.165, 1.54) is 24.4 Å². The first-order chi connectivity index (χ1) is 13.5. The summed E-state index contributed by atoms with van der Waals surface area (Å²) in [5, 5.41) is 8.31. The molecular weight excluding hydrogens is 400 g/mol. The molecular formula is C19H13ClN4O3S. The minimum atomic E-state index is -3.87. The summed E-state index contributed by atoms with van der Waals surface area (Å²) in [5.41, 5.74) is 1.07. The molecule has 0 fully saturated rings. The summed E-state index contributed by atoms with van der Waals surface area (Å²) in [6, 6.07) is 18.4. The van der Waals surface area contributed by atoms with Crippen LogP contribution in [0.5, 0.6) is 0 Å². The van der Waals surface area contributed by atoms with E-state index < -0.39 is 10.0 Å². The molecule has 0 aliphatic rings. The fourth-order valence-corrected chi connectivity index (χ4v) is 3.72. The topological polar surface area (TPSA) is 98.0 Å². The third kappa shape index (κ3) is 3.73. The SMILES string of the molecule is O=S(=O)(Nc1ccccn1)c1ccc(Cl)c(-c2nnc(-c3ccccc3)o2)c1. The van der Waals surface area contributed by atoms with Gasteiger partial charge in [0.15, 0.2) is 0 Å². The van der Waals surface area contributed by atoms with Crippen molar-refractivity contribution < 1.29 is 12.8 Å². The summed E-state index contributed by atoms with van der Waals surface area (Å²) < 4.78 is 33.4. The first kappa shape index (κ1) is 18.1. The zero-order valence-corrected chi connectivity index (χ0v) is 15.9. The highest BCUT2D eigenvalue weighted by Crippen LogP contribution is 2.31. The van der Waals surface area contributed by atoms with Gasteiger partial charge in [0.25, 0.3) is 10.0 Å². The van der Waals surface area contributed by atoms with E-state index in [0.717, 1.165) is 5.56 Å². The highest BCUT2D eigenvalue weighted by atomic mass is 35.5. The number of benzene rings is 2. The summed E-state index contributed by atoms with van der Waals surface area (Å²) in [4.78, 5) is 3.96. The summed E-state index contributed by atoms with van der Waals surface area (Å²) in [7, 11) is -3.87. The predicted molar refractivity (Wildman–Crippen MR) is 105 cm³/mol. The van der Waals surface area contributed by atoms with Crippen LogP contribution in [-0.2, 0) is 10.0 Å². The Morgan fingerprint density at radius 1 is 0.893 bits per heavy atom. The van der Waals surface area contributed by atoms with E-state index in [1.807, 2.05) is 30.3 Å². The first-order valence-electron chi connectivity index (χ1n) is 8.16.